The van der Waals surface area contributed by atoms with Gasteiger partial charge in [0.05, 0.1) is 13.0 Å². The smallest absolute Gasteiger partial charge is 0.312 e. The van der Waals surface area contributed by atoms with E-state index in [1.165, 1.54) is 7.11 Å². The van der Waals surface area contributed by atoms with Gasteiger partial charge in [0, 0.05) is 10.0 Å². The molecule has 0 amide bonds. The number of carbonyl (C=O) groups excluding carboxylic acids is 2. The fourth-order valence-corrected chi connectivity index (χ4v) is 2.00. The van der Waals surface area contributed by atoms with Gasteiger partial charge in [0.1, 0.15) is 0 Å². The second-order valence-corrected chi connectivity index (χ2v) is 3.91. The first-order chi connectivity index (χ1) is 7.11. The molecular formula is C11H11BrO3. The third kappa shape index (κ3) is 2.45. The van der Waals surface area contributed by atoms with Crippen molar-refractivity contribution in [3.63, 3.8) is 0 Å². The van der Waals surface area contributed by atoms with Crippen molar-refractivity contribution in [2.75, 3.05) is 7.11 Å². The van der Waals surface area contributed by atoms with Crippen LogP contribution in [0.3, 0.4) is 0 Å². The fourth-order valence-electron chi connectivity index (χ4n) is 1.30. The van der Waals surface area contributed by atoms with Gasteiger partial charge in [-0.1, -0.05) is 18.2 Å². The number of rotatable bonds is 3. The average molecular weight is 271 g/mol. The van der Waals surface area contributed by atoms with Gasteiger partial charge in [-0.2, -0.15) is 0 Å². The van der Waals surface area contributed by atoms with E-state index in [9.17, 15) is 9.59 Å². The van der Waals surface area contributed by atoms with Crippen molar-refractivity contribution in [2.45, 2.75) is 12.8 Å². The van der Waals surface area contributed by atoms with E-state index in [0.29, 0.717) is 10.0 Å². The summed E-state index contributed by atoms with van der Waals surface area (Å²) in [7, 11) is 1.34. The molecule has 4 heteroatoms. The van der Waals surface area contributed by atoms with Gasteiger partial charge in [0.2, 0.25) is 0 Å². The molecule has 1 aromatic carbocycles. The van der Waals surface area contributed by atoms with Crippen molar-refractivity contribution in [1.29, 1.82) is 0 Å². The van der Waals surface area contributed by atoms with E-state index in [1.54, 1.807) is 25.1 Å². The number of hydrogen-bond acceptors (Lipinski definition) is 3. The lowest BCUT2D eigenvalue weighted by molar-refractivity contribution is -0.142. The molecule has 0 fully saturated rings. The molecule has 1 unspecified atom stereocenters. The van der Waals surface area contributed by atoms with Crippen LogP contribution in [0.4, 0.5) is 0 Å². The van der Waals surface area contributed by atoms with Crippen molar-refractivity contribution >= 4 is 28.2 Å². The van der Waals surface area contributed by atoms with Gasteiger partial charge >= 0.3 is 5.97 Å². The van der Waals surface area contributed by atoms with Crippen molar-refractivity contribution in [3.8, 4) is 0 Å². The molecule has 0 aliphatic rings. The highest BCUT2D eigenvalue weighted by atomic mass is 79.9. The summed E-state index contributed by atoms with van der Waals surface area (Å²) in [6.07, 6.45) is 0.748. The van der Waals surface area contributed by atoms with Crippen LogP contribution in [-0.2, 0) is 9.53 Å². The number of aldehydes is 1. The summed E-state index contributed by atoms with van der Waals surface area (Å²) < 4.78 is 5.30. The van der Waals surface area contributed by atoms with E-state index in [1.807, 2.05) is 0 Å². The molecule has 0 saturated heterocycles. The van der Waals surface area contributed by atoms with E-state index < -0.39 is 0 Å². The van der Waals surface area contributed by atoms with Crippen LogP contribution in [0.2, 0.25) is 0 Å². The number of carbonyl (C=O) groups is 2. The van der Waals surface area contributed by atoms with E-state index in [2.05, 4.69) is 20.7 Å². The van der Waals surface area contributed by atoms with Crippen LogP contribution in [-0.4, -0.2) is 19.4 Å². The van der Waals surface area contributed by atoms with Crippen LogP contribution in [0.25, 0.3) is 0 Å². The van der Waals surface area contributed by atoms with Crippen molar-refractivity contribution < 1.29 is 14.3 Å². The summed E-state index contributed by atoms with van der Waals surface area (Å²) in [4.78, 5) is 22.0. The number of benzene rings is 1. The van der Waals surface area contributed by atoms with Crippen LogP contribution in [0, 0.1) is 0 Å². The largest absolute Gasteiger partial charge is 0.469 e. The molecule has 0 bridgehead atoms. The molecule has 0 aliphatic heterocycles. The molecule has 80 valence electrons. The van der Waals surface area contributed by atoms with Crippen molar-refractivity contribution in [2.24, 2.45) is 0 Å². The minimum atomic E-state index is -0.385. The molecule has 3 nitrogen and oxygen atoms in total. The Morgan fingerprint density at radius 3 is 2.73 bits per heavy atom. The van der Waals surface area contributed by atoms with E-state index in [4.69, 9.17) is 0 Å². The summed E-state index contributed by atoms with van der Waals surface area (Å²) in [5.74, 6) is -0.706. The topological polar surface area (TPSA) is 43.4 Å². The monoisotopic (exact) mass is 270 g/mol. The number of methoxy groups -OCH3 is 1. The summed E-state index contributed by atoms with van der Waals surface area (Å²) >= 11 is 3.30. The molecule has 0 N–H and O–H groups in total. The SMILES string of the molecule is COC(=O)C(C)c1cccc(C=O)c1Br. The molecule has 0 aromatic heterocycles. The minimum absolute atomic E-state index is 0.321. The van der Waals surface area contributed by atoms with Gasteiger partial charge in [-0.05, 0) is 28.4 Å². The highest BCUT2D eigenvalue weighted by Gasteiger charge is 2.19. The van der Waals surface area contributed by atoms with Crippen LogP contribution in [0.15, 0.2) is 22.7 Å². The van der Waals surface area contributed by atoms with E-state index in [-0.39, 0.29) is 11.9 Å². The molecule has 0 saturated carbocycles. The Hall–Kier alpha value is -1.16. The van der Waals surface area contributed by atoms with Crippen LogP contribution < -0.4 is 0 Å². The second kappa shape index (κ2) is 5.07. The quantitative estimate of drug-likeness (QED) is 0.626. The molecule has 1 aromatic rings. The predicted molar refractivity (Wildman–Crippen MR) is 60.0 cm³/mol. The molecule has 0 spiro atoms. The molecule has 1 rings (SSSR count). The molecule has 0 radical (unpaired) electrons. The third-order valence-electron chi connectivity index (χ3n) is 2.21. The summed E-state index contributed by atoms with van der Waals surface area (Å²) in [6, 6.07) is 5.21. The lowest BCUT2D eigenvalue weighted by Crippen LogP contribution is -2.11. The standard InChI is InChI=1S/C11H11BrO3/c1-7(11(14)15-2)9-5-3-4-8(6-13)10(9)12/h3-7H,1-2H3. The average Bonchev–Trinajstić information content (AvgIpc) is 2.27. The lowest BCUT2D eigenvalue weighted by Gasteiger charge is -2.12. The van der Waals surface area contributed by atoms with Crippen LogP contribution in [0.1, 0.15) is 28.8 Å². The van der Waals surface area contributed by atoms with Gasteiger partial charge in [0.15, 0.2) is 6.29 Å². The van der Waals surface area contributed by atoms with Crippen LogP contribution in [0.5, 0.6) is 0 Å². The lowest BCUT2D eigenvalue weighted by atomic mass is 9.99. The maximum Gasteiger partial charge on any atom is 0.312 e. The molecule has 0 aliphatic carbocycles. The highest BCUT2D eigenvalue weighted by molar-refractivity contribution is 9.10. The van der Waals surface area contributed by atoms with Gasteiger partial charge in [-0.3, -0.25) is 9.59 Å². The van der Waals surface area contributed by atoms with Crippen molar-refractivity contribution in [1.82, 2.24) is 0 Å². The van der Waals surface area contributed by atoms with Gasteiger partial charge in [-0.25, -0.2) is 0 Å². The number of halogens is 1. The van der Waals surface area contributed by atoms with E-state index >= 15 is 0 Å². The number of ether oxygens (including phenoxy) is 1. The summed E-state index contributed by atoms with van der Waals surface area (Å²) in [5, 5.41) is 0. The Bertz CT molecular complexity index is 387. The Kier molecular flexibility index (Phi) is 4.03. The first-order valence-electron chi connectivity index (χ1n) is 4.43. The van der Waals surface area contributed by atoms with Gasteiger partial charge in [-0.15, -0.1) is 0 Å². The first kappa shape index (κ1) is 11.9. The Labute approximate surface area is 96.6 Å². The Morgan fingerprint density at radius 1 is 1.53 bits per heavy atom. The van der Waals surface area contributed by atoms with Crippen molar-refractivity contribution in [3.05, 3.63) is 33.8 Å². The minimum Gasteiger partial charge on any atom is -0.469 e. The number of esters is 1. The zero-order chi connectivity index (χ0) is 11.4. The van der Waals surface area contributed by atoms with Gasteiger partial charge < -0.3 is 4.74 Å². The Balaban J connectivity index is 3.14. The predicted octanol–water partition coefficient (Wildman–Crippen LogP) is 2.54. The fraction of sp³-hybridized carbons (Fsp3) is 0.273. The van der Waals surface area contributed by atoms with Crippen LogP contribution >= 0.6 is 15.9 Å². The molecule has 1 atom stereocenters. The van der Waals surface area contributed by atoms with E-state index in [0.717, 1.165) is 11.8 Å². The zero-order valence-electron chi connectivity index (χ0n) is 8.49. The maximum atomic E-state index is 11.3. The number of hydrogen-bond donors (Lipinski definition) is 0. The second-order valence-electron chi connectivity index (χ2n) is 3.11. The first-order valence-corrected chi connectivity index (χ1v) is 5.22. The molecule has 0 heterocycles. The summed E-state index contributed by atoms with van der Waals surface area (Å²) in [5.41, 5.74) is 1.29. The third-order valence-corrected chi connectivity index (χ3v) is 3.12. The Morgan fingerprint density at radius 2 is 2.20 bits per heavy atom. The molecule has 15 heavy (non-hydrogen) atoms. The normalized spacial score (nSPS) is 11.9. The maximum absolute atomic E-state index is 11.3. The zero-order valence-corrected chi connectivity index (χ0v) is 10.1. The molecular weight excluding hydrogens is 260 g/mol. The summed E-state index contributed by atoms with van der Waals surface area (Å²) in [6.45, 7) is 1.74. The van der Waals surface area contributed by atoms with Gasteiger partial charge in [0.25, 0.3) is 0 Å². The highest BCUT2D eigenvalue weighted by Crippen LogP contribution is 2.28.